The van der Waals surface area contributed by atoms with Gasteiger partial charge in [-0.25, -0.2) is 4.39 Å². The molecular formula is C20H21ClF4N4O3. The van der Waals surface area contributed by atoms with Gasteiger partial charge in [-0.05, 0) is 25.5 Å². The fourth-order valence-corrected chi connectivity index (χ4v) is 3.11. The number of aryl methyl sites for hydroxylation is 1. The predicted octanol–water partition coefficient (Wildman–Crippen LogP) is 3.85. The van der Waals surface area contributed by atoms with E-state index in [1.165, 1.54) is 17.0 Å². The number of allylic oxidation sites excluding steroid dienone is 1. The Morgan fingerprint density at radius 3 is 2.78 bits per heavy atom. The smallest absolute Gasteiger partial charge is 0.403 e. The minimum atomic E-state index is -4.27. The van der Waals surface area contributed by atoms with Gasteiger partial charge in [0.05, 0.1) is 10.9 Å². The molecule has 1 amide bonds. The number of likely N-dealkylation sites (tertiary alicyclic amines) is 1. The number of ether oxygens (including phenoxy) is 1. The molecule has 2 aromatic rings. The van der Waals surface area contributed by atoms with Gasteiger partial charge in [-0.2, -0.15) is 13.2 Å². The lowest BCUT2D eigenvalue weighted by Gasteiger charge is -2.41. The van der Waals surface area contributed by atoms with E-state index >= 15 is 0 Å². The third-order valence-corrected chi connectivity index (χ3v) is 5.29. The van der Waals surface area contributed by atoms with Gasteiger partial charge in [-0.3, -0.25) is 9.69 Å². The highest BCUT2D eigenvalue weighted by Crippen LogP contribution is 2.33. The maximum Gasteiger partial charge on any atom is 0.403 e. The Labute approximate surface area is 186 Å². The Balaban J connectivity index is 1.38. The van der Waals surface area contributed by atoms with Crippen LogP contribution in [0.2, 0.25) is 5.02 Å². The van der Waals surface area contributed by atoms with E-state index in [9.17, 15) is 22.4 Å². The van der Waals surface area contributed by atoms with Gasteiger partial charge < -0.3 is 14.5 Å². The molecule has 1 aliphatic heterocycles. The summed E-state index contributed by atoms with van der Waals surface area (Å²) < 4.78 is 62.3. The number of nitrogens with zero attached hydrogens (tertiary/aromatic N) is 3. The largest absolute Gasteiger partial charge is 0.484 e. The number of hydrogen-bond acceptors (Lipinski definition) is 6. The fraction of sp³-hybridized carbons (Fsp3) is 0.450. The number of nitrogens with one attached hydrogen (secondary N) is 1. The molecule has 2 heterocycles. The molecule has 174 valence electrons. The van der Waals surface area contributed by atoms with Crippen LogP contribution in [0, 0.1) is 5.82 Å². The number of hydrogen-bond donors (Lipinski definition) is 1. The zero-order chi connectivity index (χ0) is 23.5. The fourth-order valence-electron chi connectivity index (χ4n) is 2.99. The van der Waals surface area contributed by atoms with Gasteiger partial charge in [0.1, 0.15) is 17.6 Å². The van der Waals surface area contributed by atoms with Crippen molar-refractivity contribution in [1.29, 1.82) is 0 Å². The Hall–Kier alpha value is -2.66. The van der Waals surface area contributed by atoms with Crippen LogP contribution in [0.5, 0.6) is 5.75 Å². The lowest BCUT2D eigenvalue weighted by Crippen LogP contribution is -2.54. The first kappa shape index (κ1) is 24.0. The molecule has 1 atom stereocenters. The molecule has 0 saturated carbocycles. The summed E-state index contributed by atoms with van der Waals surface area (Å²) in [6, 6.07) is 2.31. The Morgan fingerprint density at radius 1 is 1.41 bits per heavy atom. The topological polar surface area (TPSA) is 80.5 Å². The molecule has 7 nitrogen and oxygen atoms in total. The minimum absolute atomic E-state index is 0.0511. The van der Waals surface area contributed by atoms with Crippen molar-refractivity contribution < 1.29 is 31.5 Å². The molecule has 1 fully saturated rings. The van der Waals surface area contributed by atoms with Crippen LogP contribution in [0.3, 0.4) is 0 Å². The Morgan fingerprint density at radius 2 is 2.12 bits per heavy atom. The summed E-state index contributed by atoms with van der Waals surface area (Å²) in [7, 11) is 0. The molecule has 0 aliphatic carbocycles. The van der Waals surface area contributed by atoms with Gasteiger partial charge in [0.2, 0.25) is 11.8 Å². The first-order valence-corrected chi connectivity index (χ1v) is 10.1. The van der Waals surface area contributed by atoms with E-state index in [1.54, 1.807) is 0 Å². The van der Waals surface area contributed by atoms with Gasteiger partial charge in [0, 0.05) is 31.3 Å². The second-order valence-corrected chi connectivity index (χ2v) is 7.83. The molecule has 1 aliphatic rings. The predicted molar refractivity (Wildman–Crippen MR) is 107 cm³/mol. The van der Waals surface area contributed by atoms with Gasteiger partial charge in [0.25, 0.3) is 5.91 Å². The SMILES string of the molecule is C=C(CCc1nnc(C2CN([C@@H](C)C(F)(F)F)C2)o1)NC(=O)COc1ccc(Cl)c(F)c1. The third kappa shape index (κ3) is 6.19. The third-order valence-electron chi connectivity index (χ3n) is 4.98. The van der Waals surface area contributed by atoms with E-state index in [1.807, 2.05) is 0 Å². The van der Waals surface area contributed by atoms with Crippen LogP contribution in [0.4, 0.5) is 17.6 Å². The molecule has 0 bridgehead atoms. The number of aromatic nitrogens is 2. The zero-order valence-electron chi connectivity index (χ0n) is 17.1. The van der Waals surface area contributed by atoms with Crippen molar-refractivity contribution in [2.75, 3.05) is 19.7 Å². The number of carbonyl (C=O) groups is 1. The highest BCUT2D eigenvalue weighted by Gasteiger charge is 2.46. The molecule has 1 aromatic heterocycles. The minimum Gasteiger partial charge on any atom is -0.484 e. The van der Waals surface area contributed by atoms with Crippen molar-refractivity contribution in [2.24, 2.45) is 0 Å². The summed E-state index contributed by atoms with van der Waals surface area (Å²) in [5.41, 5.74) is 0.384. The summed E-state index contributed by atoms with van der Waals surface area (Å²) in [5, 5.41) is 10.3. The first-order chi connectivity index (χ1) is 15.0. The van der Waals surface area contributed by atoms with Crippen molar-refractivity contribution in [3.63, 3.8) is 0 Å². The second kappa shape index (κ2) is 9.86. The highest BCUT2D eigenvalue weighted by molar-refractivity contribution is 6.30. The van der Waals surface area contributed by atoms with Crippen molar-refractivity contribution >= 4 is 17.5 Å². The second-order valence-electron chi connectivity index (χ2n) is 7.42. The maximum atomic E-state index is 13.4. The maximum absolute atomic E-state index is 13.4. The molecule has 0 spiro atoms. The average Bonchev–Trinajstić information content (AvgIpc) is 3.14. The van der Waals surface area contributed by atoms with E-state index in [-0.39, 0.29) is 36.4 Å². The molecular weight excluding hydrogens is 456 g/mol. The summed E-state index contributed by atoms with van der Waals surface area (Å²) in [6.45, 7) is 4.91. The van der Waals surface area contributed by atoms with E-state index in [0.717, 1.165) is 13.0 Å². The lowest BCUT2D eigenvalue weighted by molar-refractivity contribution is -0.190. The van der Waals surface area contributed by atoms with Gasteiger partial charge >= 0.3 is 6.18 Å². The van der Waals surface area contributed by atoms with Crippen LogP contribution in [0.15, 0.2) is 34.9 Å². The summed E-state index contributed by atoms with van der Waals surface area (Å²) in [4.78, 5) is 13.2. The number of halogens is 5. The van der Waals surface area contributed by atoms with Crippen molar-refractivity contribution in [3.8, 4) is 5.75 Å². The number of rotatable bonds is 9. The van der Waals surface area contributed by atoms with Gasteiger partial charge in [-0.1, -0.05) is 18.2 Å². The molecule has 12 heteroatoms. The lowest BCUT2D eigenvalue weighted by atomic mass is 9.98. The standard InChI is InChI=1S/C20H21ClF4N4O3/c1-11(26-17(30)10-31-14-4-5-15(21)16(22)7-14)3-6-18-27-28-19(32-18)13-8-29(9-13)12(2)20(23,24)25/h4-5,7,12-13H,1,3,6,8-10H2,2H3,(H,26,30)/t12-/m0/s1. The van der Waals surface area contributed by atoms with Crippen LogP contribution in [-0.4, -0.2) is 52.9 Å². The highest BCUT2D eigenvalue weighted by atomic mass is 35.5. The van der Waals surface area contributed by atoms with E-state index < -0.39 is 23.9 Å². The van der Waals surface area contributed by atoms with Crippen LogP contribution < -0.4 is 10.1 Å². The van der Waals surface area contributed by atoms with Crippen molar-refractivity contribution in [2.45, 2.75) is 37.9 Å². The number of carbonyl (C=O) groups excluding carboxylic acids is 1. The van der Waals surface area contributed by atoms with E-state index in [0.29, 0.717) is 30.3 Å². The van der Waals surface area contributed by atoms with Crippen molar-refractivity contribution in [1.82, 2.24) is 20.4 Å². The number of benzene rings is 1. The molecule has 1 aromatic carbocycles. The Kier molecular flexibility index (Phi) is 7.40. The summed E-state index contributed by atoms with van der Waals surface area (Å²) in [6.07, 6.45) is -3.67. The zero-order valence-corrected chi connectivity index (χ0v) is 17.8. The molecule has 0 unspecified atom stereocenters. The Bertz CT molecular complexity index is 976. The van der Waals surface area contributed by atoms with Gasteiger partial charge in [-0.15, -0.1) is 10.2 Å². The monoisotopic (exact) mass is 476 g/mol. The van der Waals surface area contributed by atoms with Crippen LogP contribution >= 0.6 is 11.6 Å². The normalized spacial score (nSPS) is 15.8. The van der Waals surface area contributed by atoms with Crippen LogP contribution in [0.25, 0.3) is 0 Å². The first-order valence-electron chi connectivity index (χ1n) is 9.71. The molecule has 0 radical (unpaired) electrons. The quantitative estimate of drug-likeness (QED) is 0.554. The van der Waals surface area contributed by atoms with E-state index in [2.05, 4.69) is 22.1 Å². The summed E-state index contributed by atoms with van der Waals surface area (Å²) >= 11 is 5.58. The average molecular weight is 477 g/mol. The molecule has 3 rings (SSSR count). The number of alkyl halides is 3. The summed E-state index contributed by atoms with van der Waals surface area (Å²) in [5.74, 6) is -0.624. The molecule has 32 heavy (non-hydrogen) atoms. The van der Waals surface area contributed by atoms with Crippen LogP contribution in [-0.2, 0) is 11.2 Å². The van der Waals surface area contributed by atoms with Gasteiger partial charge in [0.15, 0.2) is 6.61 Å². The molecule has 1 saturated heterocycles. The number of amides is 1. The molecule has 1 N–H and O–H groups in total. The van der Waals surface area contributed by atoms with Crippen LogP contribution in [0.1, 0.15) is 31.0 Å². The van der Waals surface area contributed by atoms with Crippen molar-refractivity contribution in [3.05, 3.63) is 53.1 Å². The van der Waals surface area contributed by atoms with E-state index in [4.69, 9.17) is 20.8 Å².